The number of rotatable bonds is 6. The monoisotopic (exact) mass is 262 g/mol. The normalized spacial score (nSPS) is 12.5. The molecule has 0 saturated carbocycles. The van der Waals surface area contributed by atoms with Crippen molar-refractivity contribution in [3.63, 3.8) is 0 Å². The van der Waals surface area contributed by atoms with Crippen molar-refractivity contribution in [2.75, 3.05) is 13.1 Å². The van der Waals surface area contributed by atoms with Crippen molar-refractivity contribution >= 4 is 11.7 Å². The maximum atomic E-state index is 12.5. The summed E-state index contributed by atoms with van der Waals surface area (Å²) in [4.78, 5) is 25.3. The SMILES string of the molecule is CCN(CC(N)=O)C(C)C(=O)c1cc(C)ccc1C. The van der Waals surface area contributed by atoms with Crippen LogP contribution in [0.3, 0.4) is 0 Å². The molecule has 1 rings (SSSR count). The fraction of sp³-hybridized carbons (Fsp3) is 0.467. The van der Waals surface area contributed by atoms with Gasteiger partial charge in [-0.25, -0.2) is 0 Å². The molecule has 0 aliphatic rings. The number of nitrogens with two attached hydrogens (primary N) is 1. The summed E-state index contributed by atoms with van der Waals surface area (Å²) < 4.78 is 0. The molecule has 4 nitrogen and oxygen atoms in total. The predicted molar refractivity (Wildman–Crippen MR) is 76.1 cm³/mol. The van der Waals surface area contributed by atoms with Crippen LogP contribution in [0, 0.1) is 13.8 Å². The molecule has 1 atom stereocenters. The van der Waals surface area contributed by atoms with Crippen LogP contribution in [0.5, 0.6) is 0 Å². The molecule has 0 saturated heterocycles. The van der Waals surface area contributed by atoms with E-state index in [4.69, 9.17) is 5.73 Å². The van der Waals surface area contributed by atoms with Crippen molar-refractivity contribution in [2.45, 2.75) is 33.7 Å². The van der Waals surface area contributed by atoms with Gasteiger partial charge in [0.25, 0.3) is 0 Å². The Hall–Kier alpha value is -1.68. The maximum absolute atomic E-state index is 12.5. The van der Waals surface area contributed by atoms with Gasteiger partial charge in [0.15, 0.2) is 5.78 Å². The molecule has 1 amide bonds. The molecule has 1 aromatic carbocycles. The number of benzene rings is 1. The number of Topliss-reactive ketones (excluding diaryl/α,β-unsaturated/α-hetero) is 1. The smallest absolute Gasteiger partial charge is 0.231 e. The highest BCUT2D eigenvalue weighted by atomic mass is 16.1. The van der Waals surface area contributed by atoms with E-state index in [2.05, 4.69) is 0 Å². The number of carbonyl (C=O) groups is 2. The van der Waals surface area contributed by atoms with E-state index in [1.165, 1.54) is 0 Å². The molecule has 0 radical (unpaired) electrons. The third-order valence-corrected chi connectivity index (χ3v) is 3.35. The van der Waals surface area contributed by atoms with Crippen molar-refractivity contribution in [3.05, 3.63) is 34.9 Å². The molecule has 1 unspecified atom stereocenters. The average molecular weight is 262 g/mol. The van der Waals surface area contributed by atoms with Gasteiger partial charge >= 0.3 is 0 Å². The lowest BCUT2D eigenvalue weighted by atomic mass is 9.97. The van der Waals surface area contributed by atoms with Crippen molar-refractivity contribution < 1.29 is 9.59 Å². The van der Waals surface area contributed by atoms with Gasteiger partial charge < -0.3 is 5.73 Å². The van der Waals surface area contributed by atoms with E-state index in [-0.39, 0.29) is 18.4 Å². The fourth-order valence-corrected chi connectivity index (χ4v) is 2.11. The maximum Gasteiger partial charge on any atom is 0.231 e. The molecule has 0 fully saturated rings. The van der Waals surface area contributed by atoms with Crippen LogP contribution in [0.15, 0.2) is 18.2 Å². The average Bonchev–Trinajstić information content (AvgIpc) is 2.37. The summed E-state index contributed by atoms with van der Waals surface area (Å²) in [5, 5.41) is 0. The van der Waals surface area contributed by atoms with Gasteiger partial charge in [0.1, 0.15) is 0 Å². The molecule has 0 spiro atoms. The number of primary amides is 1. The molecule has 19 heavy (non-hydrogen) atoms. The largest absolute Gasteiger partial charge is 0.369 e. The number of ketones is 1. The molecular formula is C15H22N2O2. The van der Waals surface area contributed by atoms with E-state index < -0.39 is 5.91 Å². The Balaban J connectivity index is 2.97. The van der Waals surface area contributed by atoms with Crippen molar-refractivity contribution in [1.29, 1.82) is 0 Å². The van der Waals surface area contributed by atoms with Crippen molar-refractivity contribution in [1.82, 2.24) is 4.90 Å². The lowest BCUT2D eigenvalue weighted by Crippen LogP contribution is -2.43. The van der Waals surface area contributed by atoms with E-state index in [0.717, 1.165) is 16.7 Å². The highest BCUT2D eigenvalue weighted by Gasteiger charge is 2.23. The molecule has 0 aliphatic heterocycles. The van der Waals surface area contributed by atoms with Crippen LogP contribution in [-0.2, 0) is 4.79 Å². The van der Waals surface area contributed by atoms with Crippen LogP contribution < -0.4 is 5.73 Å². The minimum Gasteiger partial charge on any atom is -0.369 e. The number of nitrogens with zero attached hydrogens (tertiary/aromatic N) is 1. The molecule has 104 valence electrons. The highest BCUT2D eigenvalue weighted by Crippen LogP contribution is 2.15. The lowest BCUT2D eigenvalue weighted by molar-refractivity contribution is -0.119. The van der Waals surface area contributed by atoms with Gasteiger partial charge in [-0.1, -0.05) is 24.6 Å². The Morgan fingerprint density at radius 1 is 1.32 bits per heavy atom. The van der Waals surface area contributed by atoms with E-state index in [1.807, 2.05) is 45.9 Å². The highest BCUT2D eigenvalue weighted by molar-refractivity contribution is 6.01. The standard InChI is InChI=1S/C15H22N2O2/c1-5-17(9-14(16)18)12(4)15(19)13-8-10(2)6-7-11(13)3/h6-8,12H,5,9H2,1-4H3,(H2,16,18). The number of aryl methyl sites for hydroxylation is 2. The van der Waals surface area contributed by atoms with Crippen LogP contribution in [0.2, 0.25) is 0 Å². The molecule has 0 bridgehead atoms. The first-order chi connectivity index (χ1) is 8.86. The minimum absolute atomic E-state index is 0.0318. The van der Waals surface area contributed by atoms with E-state index in [0.29, 0.717) is 6.54 Å². The Morgan fingerprint density at radius 2 is 1.95 bits per heavy atom. The van der Waals surface area contributed by atoms with Gasteiger partial charge in [0.05, 0.1) is 12.6 Å². The zero-order valence-electron chi connectivity index (χ0n) is 12.1. The second-order valence-corrected chi connectivity index (χ2v) is 4.89. The lowest BCUT2D eigenvalue weighted by Gasteiger charge is -2.25. The van der Waals surface area contributed by atoms with Gasteiger partial charge in [0, 0.05) is 5.56 Å². The summed E-state index contributed by atoms with van der Waals surface area (Å²) in [6.07, 6.45) is 0. The second kappa shape index (κ2) is 6.48. The van der Waals surface area contributed by atoms with Gasteiger partial charge in [0.2, 0.25) is 5.91 Å². The number of hydrogen-bond donors (Lipinski definition) is 1. The number of carbonyl (C=O) groups excluding carboxylic acids is 2. The molecular weight excluding hydrogens is 240 g/mol. The number of likely N-dealkylation sites (N-methyl/N-ethyl adjacent to an activating group) is 1. The van der Waals surface area contributed by atoms with E-state index >= 15 is 0 Å². The van der Waals surface area contributed by atoms with Crippen molar-refractivity contribution in [2.24, 2.45) is 5.73 Å². The fourth-order valence-electron chi connectivity index (χ4n) is 2.11. The quantitative estimate of drug-likeness (QED) is 0.793. The molecule has 0 heterocycles. The Labute approximate surface area is 114 Å². The van der Waals surface area contributed by atoms with Crippen LogP contribution >= 0.6 is 0 Å². The number of amides is 1. The Kier molecular flexibility index (Phi) is 5.24. The van der Waals surface area contributed by atoms with E-state index in [9.17, 15) is 9.59 Å². The number of hydrogen-bond acceptors (Lipinski definition) is 3. The van der Waals surface area contributed by atoms with Crippen LogP contribution in [0.25, 0.3) is 0 Å². The second-order valence-electron chi connectivity index (χ2n) is 4.89. The summed E-state index contributed by atoms with van der Waals surface area (Å²) >= 11 is 0. The summed E-state index contributed by atoms with van der Waals surface area (Å²) in [6.45, 7) is 8.33. The van der Waals surface area contributed by atoms with Gasteiger partial charge in [-0.05, 0) is 38.9 Å². The first-order valence-corrected chi connectivity index (χ1v) is 6.50. The van der Waals surface area contributed by atoms with Crippen LogP contribution in [0.4, 0.5) is 0 Å². The first kappa shape index (κ1) is 15.4. The van der Waals surface area contributed by atoms with E-state index in [1.54, 1.807) is 4.90 Å². The van der Waals surface area contributed by atoms with Gasteiger partial charge in [-0.15, -0.1) is 0 Å². The van der Waals surface area contributed by atoms with Crippen LogP contribution in [0.1, 0.15) is 35.3 Å². The summed E-state index contributed by atoms with van der Waals surface area (Å²) in [5.41, 5.74) is 7.94. The van der Waals surface area contributed by atoms with Crippen molar-refractivity contribution in [3.8, 4) is 0 Å². The summed E-state index contributed by atoms with van der Waals surface area (Å²) in [5.74, 6) is -0.383. The zero-order chi connectivity index (χ0) is 14.6. The Bertz CT molecular complexity index is 483. The van der Waals surface area contributed by atoms with Crippen LogP contribution in [-0.4, -0.2) is 35.7 Å². The topological polar surface area (TPSA) is 63.4 Å². The molecule has 2 N–H and O–H groups in total. The molecule has 1 aromatic rings. The third kappa shape index (κ3) is 3.89. The third-order valence-electron chi connectivity index (χ3n) is 3.35. The predicted octanol–water partition coefficient (Wildman–Crippen LogP) is 1.68. The molecule has 0 aromatic heterocycles. The molecule has 0 aliphatic carbocycles. The Morgan fingerprint density at radius 3 is 2.47 bits per heavy atom. The molecule has 4 heteroatoms. The summed E-state index contributed by atoms with van der Waals surface area (Å²) in [6, 6.07) is 5.47. The zero-order valence-corrected chi connectivity index (χ0v) is 12.1. The first-order valence-electron chi connectivity index (χ1n) is 6.50. The minimum atomic E-state index is -0.414. The van der Waals surface area contributed by atoms with Gasteiger partial charge in [-0.2, -0.15) is 0 Å². The summed E-state index contributed by atoms with van der Waals surface area (Å²) in [7, 11) is 0. The van der Waals surface area contributed by atoms with Gasteiger partial charge in [-0.3, -0.25) is 14.5 Å².